The summed E-state index contributed by atoms with van der Waals surface area (Å²) >= 11 is 1.18. The number of hydrogen-bond donors (Lipinski definition) is 1. The van der Waals surface area contributed by atoms with Gasteiger partial charge in [-0.25, -0.2) is 8.42 Å². The van der Waals surface area contributed by atoms with Gasteiger partial charge in [-0.05, 0) is 35.9 Å². The summed E-state index contributed by atoms with van der Waals surface area (Å²) in [5, 5.41) is 4.67. The largest absolute Gasteiger partial charge is 0.489 e. The van der Waals surface area contributed by atoms with Crippen LogP contribution in [0.4, 0.5) is 0 Å². The SMILES string of the molecule is O=C(NCc1ccccc1OCc1ccccc1)C1CCCCN1S(=O)(=O)c1cccs1. The Morgan fingerprint density at radius 1 is 1.03 bits per heavy atom. The van der Waals surface area contributed by atoms with E-state index >= 15 is 0 Å². The second-order valence-corrected chi connectivity index (χ2v) is 10.7. The zero-order valence-corrected chi connectivity index (χ0v) is 19.3. The lowest BCUT2D eigenvalue weighted by atomic mass is 10.0. The molecule has 1 N–H and O–H groups in total. The fraction of sp³-hybridized carbons (Fsp3) is 0.292. The normalized spacial score (nSPS) is 17.1. The van der Waals surface area contributed by atoms with Crippen LogP contribution in [0.3, 0.4) is 0 Å². The quantitative estimate of drug-likeness (QED) is 0.536. The number of sulfonamides is 1. The number of rotatable bonds is 8. The van der Waals surface area contributed by atoms with Gasteiger partial charge in [-0.15, -0.1) is 11.3 Å². The molecule has 3 aromatic rings. The molecular formula is C24H26N2O4S2. The summed E-state index contributed by atoms with van der Waals surface area (Å²) in [6.07, 6.45) is 2.10. The van der Waals surface area contributed by atoms with Gasteiger partial charge in [-0.1, -0.05) is 61.0 Å². The molecular weight excluding hydrogens is 444 g/mol. The molecule has 4 rings (SSSR count). The number of carbonyl (C=O) groups is 1. The van der Waals surface area contributed by atoms with Crippen molar-refractivity contribution in [3.8, 4) is 5.75 Å². The zero-order chi connectivity index (χ0) is 22.4. The van der Waals surface area contributed by atoms with E-state index in [0.29, 0.717) is 25.3 Å². The van der Waals surface area contributed by atoms with Gasteiger partial charge < -0.3 is 10.1 Å². The highest BCUT2D eigenvalue weighted by atomic mass is 32.2. The topological polar surface area (TPSA) is 75.7 Å². The number of nitrogens with one attached hydrogen (secondary N) is 1. The number of hydrogen-bond acceptors (Lipinski definition) is 5. The molecule has 1 unspecified atom stereocenters. The van der Waals surface area contributed by atoms with E-state index in [0.717, 1.165) is 24.0 Å². The van der Waals surface area contributed by atoms with Crippen LogP contribution in [0.5, 0.6) is 5.75 Å². The maximum atomic E-state index is 13.0. The third-order valence-electron chi connectivity index (χ3n) is 5.48. The molecule has 2 heterocycles. The average Bonchev–Trinajstić information content (AvgIpc) is 3.38. The van der Waals surface area contributed by atoms with Crippen LogP contribution in [0.2, 0.25) is 0 Å². The summed E-state index contributed by atoms with van der Waals surface area (Å²) in [4.78, 5) is 13.0. The minimum atomic E-state index is -3.68. The van der Waals surface area contributed by atoms with Gasteiger partial charge in [0.1, 0.15) is 22.6 Å². The Labute approximate surface area is 192 Å². The molecule has 0 bridgehead atoms. The Kier molecular flexibility index (Phi) is 7.24. The van der Waals surface area contributed by atoms with Crippen molar-refractivity contribution in [3.05, 3.63) is 83.2 Å². The van der Waals surface area contributed by atoms with Crippen molar-refractivity contribution in [2.75, 3.05) is 6.54 Å². The molecule has 32 heavy (non-hydrogen) atoms. The predicted molar refractivity (Wildman–Crippen MR) is 125 cm³/mol. The van der Waals surface area contributed by atoms with Gasteiger partial charge in [0.05, 0.1) is 0 Å². The molecule has 0 saturated carbocycles. The second-order valence-electron chi connectivity index (χ2n) is 7.66. The van der Waals surface area contributed by atoms with Crippen LogP contribution >= 0.6 is 11.3 Å². The van der Waals surface area contributed by atoms with E-state index in [9.17, 15) is 13.2 Å². The highest BCUT2D eigenvalue weighted by Crippen LogP contribution is 2.28. The van der Waals surface area contributed by atoms with Crippen molar-refractivity contribution in [3.63, 3.8) is 0 Å². The van der Waals surface area contributed by atoms with Crippen molar-refractivity contribution in [2.45, 2.75) is 42.7 Å². The summed E-state index contributed by atoms with van der Waals surface area (Å²) in [6, 6.07) is 20.0. The first-order chi connectivity index (χ1) is 15.6. The van der Waals surface area contributed by atoms with Crippen molar-refractivity contribution in [1.82, 2.24) is 9.62 Å². The highest BCUT2D eigenvalue weighted by molar-refractivity contribution is 7.91. The van der Waals surface area contributed by atoms with Crippen LogP contribution in [0.15, 0.2) is 76.3 Å². The molecule has 168 valence electrons. The van der Waals surface area contributed by atoms with E-state index in [4.69, 9.17) is 4.74 Å². The van der Waals surface area contributed by atoms with Crippen molar-refractivity contribution < 1.29 is 17.9 Å². The van der Waals surface area contributed by atoms with Crippen molar-refractivity contribution in [2.24, 2.45) is 0 Å². The standard InChI is InChI=1S/C24H26N2O4S2/c27-24(21-12-6-7-15-26(21)32(28,29)23-14-8-16-31-23)25-17-20-11-4-5-13-22(20)30-18-19-9-2-1-3-10-19/h1-5,8-11,13-14,16,21H,6-7,12,15,17-18H2,(H,25,27). The molecule has 0 aliphatic carbocycles. The number of benzene rings is 2. The molecule has 1 fully saturated rings. The van der Waals surface area contributed by atoms with E-state index in [-0.39, 0.29) is 16.7 Å². The lowest BCUT2D eigenvalue weighted by Crippen LogP contribution is -2.51. The number of para-hydroxylation sites is 1. The van der Waals surface area contributed by atoms with Crippen LogP contribution in [-0.2, 0) is 28.0 Å². The summed E-state index contributed by atoms with van der Waals surface area (Å²) in [6.45, 7) is 1.06. The van der Waals surface area contributed by atoms with E-state index in [1.165, 1.54) is 15.6 Å². The zero-order valence-electron chi connectivity index (χ0n) is 17.6. The minimum absolute atomic E-state index is 0.271. The average molecular weight is 471 g/mol. The van der Waals surface area contributed by atoms with Crippen LogP contribution in [0.1, 0.15) is 30.4 Å². The molecule has 0 spiro atoms. The first-order valence-corrected chi connectivity index (χ1v) is 13.0. The summed E-state index contributed by atoms with van der Waals surface area (Å²) in [7, 11) is -3.68. The van der Waals surface area contributed by atoms with Gasteiger partial charge in [0, 0.05) is 18.7 Å². The molecule has 1 aliphatic heterocycles. The minimum Gasteiger partial charge on any atom is -0.489 e. The summed E-state index contributed by atoms with van der Waals surface area (Å²) in [5.74, 6) is 0.422. The molecule has 1 atom stereocenters. The van der Waals surface area contributed by atoms with E-state index in [2.05, 4.69) is 5.32 Å². The maximum absolute atomic E-state index is 13.0. The fourth-order valence-corrected chi connectivity index (χ4v) is 6.58. The lowest BCUT2D eigenvalue weighted by Gasteiger charge is -2.33. The first kappa shape index (κ1) is 22.5. The Morgan fingerprint density at radius 3 is 2.59 bits per heavy atom. The van der Waals surface area contributed by atoms with Gasteiger partial charge >= 0.3 is 0 Å². The van der Waals surface area contributed by atoms with E-state index < -0.39 is 16.1 Å². The Bertz CT molecular complexity index is 1130. The van der Waals surface area contributed by atoms with Gasteiger partial charge in [0.25, 0.3) is 10.0 Å². The van der Waals surface area contributed by atoms with E-state index in [1.807, 2.05) is 54.6 Å². The van der Waals surface area contributed by atoms with E-state index in [1.54, 1.807) is 17.5 Å². The number of ether oxygens (including phenoxy) is 1. The number of piperidine rings is 1. The van der Waals surface area contributed by atoms with Crippen LogP contribution in [-0.4, -0.2) is 31.2 Å². The third-order valence-corrected chi connectivity index (χ3v) is 8.76. The number of thiophene rings is 1. The van der Waals surface area contributed by atoms with Crippen molar-refractivity contribution >= 4 is 27.3 Å². The Balaban J connectivity index is 1.43. The summed E-state index contributed by atoms with van der Waals surface area (Å²) < 4.78 is 33.7. The number of carbonyl (C=O) groups excluding carboxylic acids is 1. The second kappa shape index (κ2) is 10.3. The van der Waals surface area contributed by atoms with Crippen LogP contribution in [0, 0.1) is 0 Å². The molecule has 8 heteroatoms. The van der Waals surface area contributed by atoms with Crippen LogP contribution in [0.25, 0.3) is 0 Å². The van der Waals surface area contributed by atoms with Gasteiger partial charge in [-0.3, -0.25) is 4.79 Å². The highest BCUT2D eigenvalue weighted by Gasteiger charge is 2.38. The molecule has 6 nitrogen and oxygen atoms in total. The molecule has 2 aromatic carbocycles. The van der Waals surface area contributed by atoms with Crippen LogP contribution < -0.4 is 10.1 Å². The van der Waals surface area contributed by atoms with Gasteiger partial charge in [-0.2, -0.15) is 4.31 Å². The molecule has 1 saturated heterocycles. The summed E-state index contributed by atoms with van der Waals surface area (Å²) in [5.41, 5.74) is 1.91. The molecule has 1 aliphatic rings. The monoisotopic (exact) mass is 470 g/mol. The number of amides is 1. The smallest absolute Gasteiger partial charge is 0.253 e. The van der Waals surface area contributed by atoms with Gasteiger partial charge in [0.2, 0.25) is 5.91 Å². The predicted octanol–water partition coefficient (Wildman–Crippen LogP) is 4.19. The molecule has 1 aromatic heterocycles. The fourth-order valence-electron chi connectivity index (χ4n) is 3.81. The van der Waals surface area contributed by atoms with Gasteiger partial charge in [0.15, 0.2) is 0 Å². The first-order valence-electron chi connectivity index (χ1n) is 10.6. The molecule has 1 amide bonds. The molecule has 0 radical (unpaired) electrons. The Morgan fingerprint density at radius 2 is 1.81 bits per heavy atom. The third kappa shape index (κ3) is 5.20. The maximum Gasteiger partial charge on any atom is 0.253 e. The lowest BCUT2D eigenvalue weighted by molar-refractivity contribution is -0.125. The Hall–Kier alpha value is -2.68. The number of nitrogens with zero attached hydrogens (tertiary/aromatic N) is 1. The van der Waals surface area contributed by atoms with Crippen molar-refractivity contribution in [1.29, 1.82) is 0 Å².